The Hall–Kier alpha value is -1.71. The number of hydrogen-bond acceptors (Lipinski definition) is 3. The van der Waals surface area contributed by atoms with Crippen LogP contribution in [0, 0.1) is 0 Å². The van der Waals surface area contributed by atoms with Crippen molar-refractivity contribution in [2.24, 2.45) is 0 Å². The molecule has 0 spiro atoms. The normalized spacial score (nSPS) is 17.2. The van der Waals surface area contributed by atoms with E-state index in [1.54, 1.807) is 6.07 Å². The van der Waals surface area contributed by atoms with E-state index < -0.39 is 0 Å². The molecule has 1 fully saturated rings. The zero-order chi connectivity index (χ0) is 11.1. The molecule has 0 atom stereocenters. The molecule has 0 aliphatic heterocycles. The Morgan fingerprint density at radius 2 is 2.06 bits per heavy atom. The third-order valence-electron chi connectivity index (χ3n) is 3.25. The second kappa shape index (κ2) is 3.40. The number of phenols is 1. The fourth-order valence-corrected chi connectivity index (χ4v) is 2.41. The maximum atomic E-state index is 12.0. The largest absolute Gasteiger partial charge is 0.508 e. The highest BCUT2D eigenvalue weighted by Crippen LogP contribution is 2.30. The number of fused-ring (bicyclic) bond motifs is 1. The van der Waals surface area contributed by atoms with Crippen LogP contribution in [0.5, 0.6) is 5.75 Å². The molecule has 4 nitrogen and oxygen atoms in total. The Labute approximate surface area is 92.1 Å². The van der Waals surface area contributed by atoms with E-state index in [1.807, 2.05) is 0 Å². The number of aromatic nitrogens is 1. The summed E-state index contributed by atoms with van der Waals surface area (Å²) in [4.78, 5) is 12.0. The van der Waals surface area contributed by atoms with E-state index in [4.69, 9.17) is 4.52 Å². The highest BCUT2D eigenvalue weighted by atomic mass is 16.5. The summed E-state index contributed by atoms with van der Waals surface area (Å²) >= 11 is 0. The SMILES string of the molecule is O=c1c2ccc(O)cc2on1C1CCCC1. The standard InChI is InChI=1S/C12H13NO3/c14-9-5-6-10-11(7-9)16-13(12(10)15)8-3-1-2-4-8/h5-8,14H,1-4H2. The average molecular weight is 219 g/mol. The molecule has 84 valence electrons. The number of aromatic hydroxyl groups is 1. The minimum atomic E-state index is -0.0816. The van der Waals surface area contributed by atoms with Gasteiger partial charge in [-0.15, -0.1) is 0 Å². The number of benzene rings is 1. The smallest absolute Gasteiger partial charge is 0.290 e. The van der Waals surface area contributed by atoms with Gasteiger partial charge in [0.25, 0.3) is 5.56 Å². The van der Waals surface area contributed by atoms with Crippen molar-refractivity contribution in [2.75, 3.05) is 0 Å². The van der Waals surface area contributed by atoms with Gasteiger partial charge in [-0.1, -0.05) is 12.8 Å². The van der Waals surface area contributed by atoms with Crippen molar-refractivity contribution in [2.45, 2.75) is 31.7 Å². The predicted molar refractivity (Wildman–Crippen MR) is 59.6 cm³/mol. The molecule has 1 aromatic heterocycles. The van der Waals surface area contributed by atoms with Gasteiger partial charge >= 0.3 is 0 Å². The number of nitrogens with zero attached hydrogens (tertiary/aromatic N) is 1. The second-order valence-corrected chi connectivity index (χ2v) is 4.34. The third kappa shape index (κ3) is 1.33. The van der Waals surface area contributed by atoms with Crippen LogP contribution in [-0.2, 0) is 0 Å². The Kier molecular flexibility index (Phi) is 2.02. The van der Waals surface area contributed by atoms with Gasteiger partial charge in [-0.25, -0.2) is 0 Å². The Bertz CT molecular complexity index is 575. The summed E-state index contributed by atoms with van der Waals surface area (Å²) in [6.07, 6.45) is 4.32. The van der Waals surface area contributed by atoms with Gasteiger partial charge in [0.15, 0.2) is 5.58 Å². The van der Waals surface area contributed by atoms with Crippen LogP contribution in [0.3, 0.4) is 0 Å². The fraction of sp³-hybridized carbons (Fsp3) is 0.417. The van der Waals surface area contributed by atoms with Gasteiger partial charge < -0.3 is 9.63 Å². The number of phenolic OH excluding ortho intramolecular Hbond substituents is 1. The van der Waals surface area contributed by atoms with E-state index in [2.05, 4.69) is 0 Å². The van der Waals surface area contributed by atoms with Crippen LogP contribution in [0.2, 0.25) is 0 Å². The van der Waals surface area contributed by atoms with Crippen molar-refractivity contribution in [3.63, 3.8) is 0 Å². The van der Waals surface area contributed by atoms with Crippen LogP contribution in [0.1, 0.15) is 31.7 Å². The molecule has 1 aromatic carbocycles. The average Bonchev–Trinajstić information content (AvgIpc) is 2.86. The minimum absolute atomic E-state index is 0.0816. The number of hydrogen-bond donors (Lipinski definition) is 1. The first kappa shape index (κ1) is 9.51. The molecule has 1 saturated carbocycles. The molecule has 1 heterocycles. The van der Waals surface area contributed by atoms with Crippen LogP contribution in [0.15, 0.2) is 27.5 Å². The molecule has 0 bridgehead atoms. The van der Waals surface area contributed by atoms with Crippen LogP contribution in [0.4, 0.5) is 0 Å². The van der Waals surface area contributed by atoms with Gasteiger partial charge in [-0.2, -0.15) is 4.74 Å². The van der Waals surface area contributed by atoms with E-state index in [9.17, 15) is 9.90 Å². The minimum Gasteiger partial charge on any atom is -0.508 e. The van der Waals surface area contributed by atoms with Crippen LogP contribution in [0.25, 0.3) is 11.0 Å². The molecule has 1 aliphatic rings. The monoisotopic (exact) mass is 219 g/mol. The molecule has 1 aliphatic carbocycles. The first-order valence-corrected chi connectivity index (χ1v) is 5.60. The van der Waals surface area contributed by atoms with Crippen molar-refractivity contribution >= 4 is 11.0 Å². The third-order valence-corrected chi connectivity index (χ3v) is 3.25. The topological polar surface area (TPSA) is 55.4 Å². The molecule has 0 saturated heterocycles. The van der Waals surface area contributed by atoms with Crippen LogP contribution >= 0.6 is 0 Å². The van der Waals surface area contributed by atoms with Gasteiger partial charge in [0, 0.05) is 6.07 Å². The van der Waals surface area contributed by atoms with Crippen molar-refractivity contribution in [3.05, 3.63) is 28.6 Å². The summed E-state index contributed by atoms with van der Waals surface area (Å²) < 4.78 is 6.98. The zero-order valence-electron chi connectivity index (χ0n) is 8.85. The maximum Gasteiger partial charge on any atom is 0.290 e. The van der Waals surface area contributed by atoms with Crippen molar-refractivity contribution in [1.29, 1.82) is 0 Å². The van der Waals surface area contributed by atoms with Gasteiger partial charge in [0.05, 0.1) is 11.4 Å². The van der Waals surface area contributed by atoms with E-state index >= 15 is 0 Å². The van der Waals surface area contributed by atoms with E-state index in [1.165, 1.54) is 16.9 Å². The van der Waals surface area contributed by atoms with Gasteiger partial charge in [0.1, 0.15) is 5.75 Å². The summed E-state index contributed by atoms with van der Waals surface area (Å²) in [5, 5.41) is 9.87. The molecule has 16 heavy (non-hydrogen) atoms. The lowest BCUT2D eigenvalue weighted by atomic mass is 10.2. The summed E-state index contributed by atoms with van der Waals surface area (Å²) in [5.74, 6) is 0.125. The molecule has 0 amide bonds. The molecular formula is C12H13NO3. The van der Waals surface area contributed by atoms with E-state index in [-0.39, 0.29) is 17.4 Å². The summed E-state index contributed by atoms with van der Waals surface area (Å²) in [6, 6.07) is 4.81. The second-order valence-electron chi connectivity index (χ2n) is 4.34. The highest BCUT2D eigenvalue weighted by Gasteiger charge is 2.22. The number of rotatable bonds is 1. The van der Waals surface area contributed by atoms with Crippen LogP contribution in [-0.4, -0.2) is 9.85 Å². The first-order valence-electron chi connectivity index (χ1n) is 5.60. The molecule has 0 radical (unpaired) electrons. The lowest BCUT2D eigenvalue weighted by Gasteiger charge is -2.06. The molecule has 3 rings (SSSR count). The molecule has 1 N–H and O–H groups in total. The molecule has 4 heteroatoms. The van der Waals surface area contributed by atoms with Gasteiger partial charge in [0.2, 0.25) is 0 Å². The van der Waals surface area contributed by atoms with E-state index in [0.717, 1.165) is 25.7 Å². The lowest BCUT2D eigenvalue weighted by Crippen LogP contribution is -2.18. The quantitative estimate of drug-likeness (QED) is 0.801. The highest BCUT2D eigenvalue weighted by molar-refractivity contribution is 5.77. The van der Waals surface area contributed by atoms with Gasteiger partial charge in [-0.3, -0.25) is 4.79 Å². The summed E-state index contributed by atoms with van der Waals surface area (Å²) in [7, 11) is 0. The van der Waals surface area contributed by atoms with Crippen molar-refractivity contribution in [3.8, 4) is 5.75 Å². The van der Waals surface area contributed by atoms with Crippen molar-refractivity contribution in [1.82, 2.24) is 4.74 Å². The predicted octanol–water partition coefficient (Wildman–Crippen LogP) is 2.42. The first-order chi connectivity index (χ1) is 7.75. The summed E-state index contributed by atoms with van der Waals surface area (Å²) in [6.45, 7) is 0. The maximum absolute atomic E-state index is 12.0. The zero-order valence-corrected chi connectivity index (χ0v) is 8.85. The summed E-state index contributed by atoms with van der Waals surface area (Å²) in [5.41, 5.74) is 0.388. The molecule has 2 aromatic rings. The molecular weight excluding hydrogens is 206 g/mol. The van der Waals surface area contributed by atoms with Crippen molar-refractivity contribution < 1.29 is 9.63 Å². The van der Waals surface area contributed by atoms with Gasteiger partial charge in [-0.05, 0) is 25.0 Å². The lowest BCUT2D eigenvalue weighted by molar-refractivity contribution is 0.230. The van der Waals surface area contributed by atoms with E-state index in [0.29, 0.717) is 11.0 Å². The Morgan fingerprint density at radius 3 is 2.81 bits per heavy atom. The fourth-order valence-electron chi connectivity index (χ4n) is 2.41. The Balaban J connectivity index is 2.18. The molecule has 0 unspecified atom stereocenters. The Morgan fingerprint density at radius 1 is 1.31 bits per heavy atom. The van der Waals surface area contributed by atoms with Crippen LogP contribution < -0.4 is 5.56 Å².